The zero-order chi connectivity index (χ0) is 26.1. The second kappa shape index (κ2) is 12.8. The normalized spacial score (nSPS) is 17.6. The fourth-order valence-corrected chi connectivity index (χ4v) is 4.65. The van der Waals surface area contributed by atoms with Crippen molar-refractivity contribution in [1.82, 2.24) is 14.8 Å². The average molecular weight is 499 g/mol. The predicted molar refractivity (Wildman–Crippen MR) is 130 cm³/mol. The quantitative estimate of drug-likeness (QED) is 0.341. The van der Waals surface area contributed by atoms with Crippen LogP contribution in [0.15, 0.2) is 48.7 Å². The first-order valence-corrected chi connectivity index (χ1v) is 11.7. The summed E-state index contributed by atoms with van der Waals surface area (Å²) in [7, 11) is 0. The van der Waals surface area contributed by atoms with Gasteiger partial charge in [0.1, 0.15) is 0 Å². The number of rotatable bonds is 12. The molecule has 0 saturated heterocycles. The van der Waals surface area contributed by atoms with Gasteiger partial charge in [0, 0.05) is 30.5 Å². The zero-order valence-corrected chi connectivity index (χ0v) is 19.7. The summed E-state index contributed by atoms with van der Waals surface area (Å²) in [6.45, 7) is -0.534. The average Bonchev–Trinajstić information content (AvgIpc) is 2.83. The third-order valence-electron chi connectivity index (χ3n) is 6.16. The number of aromatic nitrogens is 1. The molecule has 36 heavy (non-hydrogen) atoms. The molecule has 1 amide bonds. The first kappa shape index (κ1) is 26.8. The molecule has 4 N–H and O–H groups in total. The van der Waals surface area contributed by atoms with Crippen molar-refractivity contribution in [2.75, 3.05) is 25.0 Å². The Labute approximate surface area is 208 Å². The van der Waals surface area contributed by atoms with Gasteiger partial charge in [-0.15, -0.1) is 0 Å². The Balaban J connectivity index is 1.78. The molecule has 2 aromatic rings. The summed E-state index contributed by atoms with van der Waals surface area (Å²) in [5.74, 6) is -3.62. The smallest absolute Gasteiger partial charge is 0.335 e. The molecule has 1 aromatic carbocycles. The van der Waals surface area contributed by atoms with E-state index >= 15 is 0 Å². The molecule has 1 aliphatic rings. The molecule has 11 nitrogen and oxygen atoms in total. The number of carboxylic acids is 3. The van der Waals surface area contributed by atoms with Gasteiger partial charge in [-0.1, -0.05) is 18.9 Å². The van der Waals surface area contributed by atoms with Crippen LogP contribution in [0.1, 0.15) is 41.7 Å². The van der Waals surface area contributed by atoms with Crippen LogP contribution in [0.3, 0.4) is 0 Å². The Kier molecular flexibility index (Phi) is 9.48. The van der Waals surface area contributed by atoms with Crippen molar-refractivity contribution in [3.63, 3.8) is 0 Å². The fraction of sp³-hybridized carbons (Fsp3) is 0.400. The molecule has 1 saturated carbocycles. The minimum absolute atomic E-state index is 0.0805. The molecule has 1 aromatic heterocycles. The van der Waals surface area contributed by atoms with Crippen molar-refractivity contribution < 1.29 is 34.5 Å². The summed E-state index contributed by atoms with van der Waals surface area (Å²) in [5.41, 5.74) is 1.18. The van der Waals surface area contributed by atoms with E-state index in [2.05, 4.69) is 10.3 Å². The topological polar surface area (TPSA) is 160 Å². The first-order valence-electron chi connectivity index (χ1n) is 11.7. The van der Waals surface area contributed by atoms with Crippen LogP contribution < -0.4 is 5.32 Å². The lowest BCUT2D eigenvalue weighted by molar-refractivity contribution is -0.143. The summed E-state index contributed by atoms with van der Waals surface area (Å²) in [6, 6.07) is 10.4. The lowest BCUT2D eigenvalue weighted by Crippen LogP contribution is -2.56. The highest BCUT2D eigenvalue weighted by Crippen LogP contribution is 2.28. The standard InChI is InChI=1S/C25H30N4O7/c30-22(27-18-10-8-17(9-11-18)25(35)36)14-29(16-24(33)34)21-7-2-1-6-20(21)28(15-23(31)32)13-19-5-3-4-12-26-19/h3-5,8-12,20-21H,1-2,6-7,13-16H2,(H,27,30)(H,31,32)(H,33,34)(H,35,36). The van der Waals surface area contributed by atoms with Gasteiger partial charge in [-0.05, 0) is 49.2 Å². The fourth-order valence-electron chi connectivity index (χ4n) is 4.65. The van der Waals surface area contributed by atoms with Crippen LogP contribution in [-0.4, -0.2) is 85.6 Å². The van der Waals surface area contributed by atoms with Gasteiger partial charge in [0.25, 0.3) is 0 Å². The van der Waals surface area contributed by atoms with Crippen LogP contribution in [-0.2, 0) is 20.9 Å². The number of pyridine rings is 1. The second-order valence-corrected chi connectivity index (χ2v) is 8.77. The second-order valence-electron chi connectivity index (χ2n) is 8.77. The van der Waals surface area contributed by atoms with Crippen molar-refractivity contribution in [2.24, 2.45) is 0 Å². The molecule has 0 radical (unpaired) electrons. The number of benzene rings is 1. The van der Waals surface area contributed by atoms with Crippen molar-refractivity contribution in [1.29, 1.82) is 0 Å². The summed E-state index contributed by atoms with van der Waals surface area (Å²) in [4.78, 5) is 54.9. The Morgan fingerprint density at radius 1 is 0.833 bits per heavy atom. The van der Waals surface area contributed by atoms with Gasteiger partial charge >= 0.3 is 17.9 Å². The SMILES string of the molecule is O=C(O)CN(CC(=O)Nc1ccc(C(=O)O)cc1)C1CCCCC1N(CC(=O)O)Cc1ccccn1. The molecule has 192 valence electrons. The van der Waals surface area contributed by atoms with Crippen LogP contribution in [0.2, 0.25) is 0 Å². The maximum Gasteiger partial charge on any atom is 0.335 e. The van der Waals surface area contributed by atoms with E-state index in [9.17, 15) is 29.4 Å². The summed E-state index contributed by atoms with van der Waals surface area (Å²) in [5, 5.41) is 30.8. The summed E-state index contributed by atoms with van der Waals surface area (Å²) in [6.07, 6.45) is 4.62. The molecule has 2 unspecified atom stereocenters. The predicted octanol–water partition coefficient (Wildman–Crippen LogP) is 2.00. The van der Waals surface area contributed by atoms with E-state index in [0.29, 0.717) is 24.2 Å². The highest BCUT2D eigenvalue weighted by molar-refractivity contribution is 5.93. The summed E-state index contributed by atoms with van der Waals surface area (Å²) < 4.78 is 0. The first-order chi connectivity index (χ1) is 17.2. The Bertz CT molecular complexity index is 1060. The highest BCUT2D eigenvalue weighted by atomic mass is 16.4. The van der Waals surface area contributed by atoms with Crippen LogP contribution in [0.5, 0.6) is 0 Å². The maximum atomic E-state index is 12.8. The third kappa shape index (κ3) is 7.85. The maximum absolute atomic E-state index is 12.8. The van der Waals surface area contributed by atoms with E-state index in [1.165, 1.54) is 24.3 Å². The number of anilines is 1. The van der Waals surface area contributed by atoms with Gasteiger partial charge in [-0.2, -0.15) is 0 Å². The van der Waals surface area contributed by atoms with Gasteiger partial charge in [0.2, 0.25) is 5.91 Å². The third-order valence-corrected chi connectivity index (χ3v) is 6.16. The molecular weight excluding hydrogens is 468 g/mol. The van der Waals surface area contributed by atoms with Gasteiger partial charge in [0.15, 0.2) is 0 Å². The van der Waals surface area contributed by atoms with Gasteiger partial charge in [-0.25, -0.2) is 4.79 Å². The number of amides is 1. The van der Waals surface area contributed by atoms with Crippen molar-refractivity contribution in [3.8, 4) is 0 Å². The van der Waals surface area contributed by atoms with Crippen LogP contribution in [0.25, 0.3) is 0 Å². The molecule has 3 rings (SSSR count). The van der Waals surface area contributed by atoms with E-state index in [1.54, 1.807) is 22.1 Å². The molecular formula is C25H30N4O7. The monoisotopic (exact) mass is 498 g/mol. The number of aliphatic carboxylic acids is 2. The number of hydrogen-bond donors (Lipinski definition) is 4. The Morgan fingerprint density at radius 3 is 2.00 bits per heavy atom. The lowest BCUT2D eigenvalue weighted by atomic mass is 9.87. The largest absolute Gasteiger partial charge is 0.480 e. The number of aromatic carboxylic acids is 1. The van der Waals surface area contributed by atoms with Crippen molar-refractivity contribution in [2.45, 2.75) is 44.3 Å². The van der Waals surface area contributed by atoms with Gasteiger partial charge < -0.3 is 20.6 Å². The highest BCUT2D eigenvalue weighted by Gasteiger charge is 2.36. The number of carbonyl (C=O) groups excluding carboxylic acids is 1. The molecule has 0 bridgehead atoms. The molecule has 11 heteroatoms. The van der Waals surface area contributed by atoms with E-state index < -0.39 is 23.8 Å². The summed E-state index contributed by atoms with van der Waals surface area (Å²) >= 11 is 0. The molecule has 1 aliphatic carbocycles. The van der Waals surface area contributed by atoms with Crippen molar-refractivity contribution >= 4 is 29.5 Å². The van der Waals surface area contributed by atoms with Crippen LogP contribution in [0, 0.1) is 0 Å². The zero-order valence-electron chi connectivity index (χ0n) is 19.7. The number of carboxylic acid groups (broad SMARTS) is 3. The molecule has 0 aliphatic heterocycles. The van der Waals surface area contributed by atoms with Gasteiger partial charge in [0.05, 0.1) is 30.9 Å². The minimum Gasteiger partial charge on any atom is -0.480 e. The van der Waals surface area contributed by atoms with E-state index in [-0.39, 0.29) is 43.8 Å². The minimum atomic E-state index is -1.09. The Hall–Kier alpha value is -3.83. The molecule has 1 fully saturated rings. The molecule has 1 heterocycles. The van der Waals surface area contributed by atoms with Crippen LogP contribution in [0.4, 0.5) is 5.69 Å². The number of nitrogens with zero attached hydrogens (tertiary/aromatic N) is 3. The van der Waals surface area contributed by atoms with Crippen molar-refractivity contribution in [3.05, 3.63) is 59.9 Å². The van der Waals surface area contributed by atoms with Crippen LogP contribution >= 0.6 is 0 Å². The number of nitrogens with one attached hydrogen (secondary N) is 1. The lowest BCUT2D eigenvalue weighted by Gasteiger charge is -2.44. The number of hydrogen-bond acceptors (Lipinski definition) is 7. The molecule has 0 spiro atoms. The van der Waals surface area contributed by atoms with E-state index in [1.807, 2.05) is 12.1 Å². The number of carbonyl (C=O) groups is 4. The van der Waals surface area contributed by atoms with Gasteiger partial charge in [-0.3, -0.25) is 29.2 Å². The van der Waals surface area contributed by atoms with E-state index in [0.717, 1.165) is 12.8 Å². The molecule has 2 atom stereocenters. The Morgan fingerprint density at radius 2 is 1.44 bits per heavy atom. The van der Waals surface area contributed by atoms with E-state index in [4.69, 9.17) is 5.11 Å².